The number of carbonyl (C=O) groups excluding carboxylic acids is 2. The van der Waals surface area contributed by atoms with Crippen LogP contribution < -0.4 is 0 Å². The highest BCUT2D eigenvalue weighted by Crippen LogP contribution is 2.14. The van der Waals surface area contributed by atoms with E-state index < -0.39 is 11.9 Å². The normalized spacial score (nSPS) is 10.9. The SMILES string of the molecule is CCCCCCCCCCOC(=O)c1ccccc1C(=O)OCCCCCC(C)C. The highest BCUT2D eigenvalue weighted by atomic mass is 16.5. The van der Waals surface area contributed by atoms with E-state index in [0.717, 1.165) is 32.1 Å². The zero-order chi connectivity index (χ0) is 22.0. The summed E-state index contributed by atoms with van der Waals surface area (Å²) in [5.41, 5.74) is 0.586. The van der Waals surface area contributed by atoms with E-state index in [-0.39, 0.29) is 0 Å². The van der Waals surface area contributed by atoms with Crippen molar-refractivity contribution in [1.29, 1.82) is 0 Å². The van der Waals surface area contributed by atoms with E-state index in [0.29, 0.717) is 30.3 Å². The van der Waals surface area contributed by atoms with E-state index >= 15 is 0 Å². The molecule has 0 saturated carbocycles. The van der Waals surface area contributed by atoms with Gasteiger partial charge >= 0.3 is 11.9 Å². The molecule has 0 N–H and O–H groups in total. The van der Waals surface area contributed by atoms with Gasteiger partial charge in [0, 0.05) is 0 Å². The average molecular weight is 419 g/mol. The van der Waals surface area contributed by atoms with Crippen molar-refractivity contribution >= 4 is 11.9 Å². The van der Waals surface area contributed by atoms with Crippen LogP contribution in [0.1, 0.15) is 119 Å². The van der Waals surface area contributed by atoms with Gasteiger partial charge in [-0.1, -0.05) is 97.1 Å². The van der Waals surface area contributed by atoms with Gasteiger partial charge in [-0.2, -0.15) is 0 Å². The summed E-state index contributed by atoms with van der Waals surface area (Å²) in [4.78, 5) is 24.8. The van der Waals surface area contributed by atoms with Crippen LogP contribution in [0.15, 0.2) is 24.3 Å². The molecule has 0 aliphatic heterocycles. The topological polar surface area (TPSA) is 52.6 Å². The molecule has 0 atom stereocenters. The van der Waals surface area contributed by atoms with Gasteiger partial charge in [-0.25, -0.2) is 9.59 Å². The zero-order valence-corrected chi connectivity index (χ0v) is 19.4. The van der Waals surface area contributed by atoms with E-state index in [2.05, 4.69) is 20.8 Å². The van der Waals surface area contributed by atoms with Crippen LogP contribution in [-0.2, 0) is 9.47 Å². The van der Waals surface area contributed by atoms with Gasteiger partial charge in [0.05, 0.1) is 24.3 Å². The lowest BCUT2D eigenvalue weighted by molar-refractivity contribution is 0.0450. The maximum absolute atomic E-state index is 12.4. The molecule has 0 aliphatic rings. The Labute approximate surface area is 183 Å². The summed E-state index contributed by atoms with van der Waals surface area (Å²) in [6, 6.07) is 6.76. The van der Waals surface area contributed by atoms with Crippen LogP contribution in [0.3, 0.4) is 0 Å². The number of esters is 2. The molecule has 4 heteroatoms. The Morgan fingerprint density at radius 2 is 1.13 bits per heavy atom. The smallest absolute Gasteiger partial charge is 0.339 e. The molecule has 1 rings (SSSR count). The highest BCUT2D eigenvalue weighted by Gasteiger charge is 2.18. The van der Waals surface area contributed by atoms with E-state index in [1.807, 2.05) is 0 Å². The molecule has 170 valence electrons. The number of unbranched alkanes of at least 4 members (excludes halogenated alkanes) is 9. The van der Waals surface area contributed by atoms with Gasteiger partial charge in [-0.3, -0.25) is 0 Å². The van der Waals surface area contributed by atoms with Gasteiger partial charge in [0.15, 0.2) is 0 Å². The van der Waals surface area contributed by atoms with Gasteiger partial charge < -0.3 is 9.47 Å². The van der Waals surface area contributed by atoms with Crippen LogP contribution in [-0.4, -0.2) is 25.2 Å². The Kier molecular flexibility index (Phi) is 14.8. The molecule has 1 aromatic carbocycles. The summed E-state index contributed by atoms with van der Waals surface area (Å²) in [5.74, 6) is -0.183. The van der Waals surface area contributed by atoms with Gasteiger partial charge in [0.1, 0.15) is 0 Å². The largest absolute Gasteiger partial charge is 0.462 e. The first-order valence-corrected chi connectivity index (χ1v) is 12.0. The molecule has 0 saturated heterocycles. The van der Waals surface area contributed by atoms with Crippen LogP contribution in [0.2, 0.25) is 0 Å². The van der Waals surface area contributed by atoms with Gasteiger partial charge in [-0.05, 0) is 30.9 Å². The third kappa shape index (κ3) is 12.0. The van der Waals surface area contributed by atoms with Crippen LogP contribution in [0, 0.1) is 5.92 Å². The number of rotatable bonds is 17. The summed E-state index contributed by atoms with van der Waals surface area (Å²) < 4.78 is 10.8. The fourth-order valence-electron chi connectivity index (χ4n) is 3.39. The molecule has 0 aliphatic carbocycles. The molecule has 0 heterocycles. The van der Waals surface area contributed by atoms with E-state index in [1.54, 1.807) is 24.3 Å². The monoisotopic (exact) mass is 418 g/mol. The first kappa shape index (κ1) is 26.2. The standard InChI is InChI=1S/C26H42O4/c1-4-5-6-7-8-9-10-15-20-29-25(27)23-18-13-14-19-24(23)26(28)30-21-16-11-12-17-22(2)3/h13-14,18-19,22H,4-12,15-17,20-21H2,1-3H3. The minimum atomic E-state index is -0.446. The summed E-state index contributed by atoms with van der Waals surface area (Å²) in [5, 5.41) is 0. The van der Waals surface area contributed by atoms with E-state index in [4.69, 9.17) is 9.47 Å². The highest BCUT2D eigenvalue weighted by molar-refractivity contribution is 6.03. The predicted molar refractivity (Wildman–Crippen MR) is 123 cm³/mol. The van der Waals surface area contributed by atoms with Crippen molar-refractivity contribution in [1.82, 2.24) is 0 Å². The molecule has 1 aromatic rings. The minimum Gasteiger partial charge on any atom is -0.462 e. The fraction of sp³-hybridized carbons (Fsp3) is 0.692. The predicted octanol–water partition coefficient (Wildman–Crippen LogP) is 7.36. The lowest BCUT2D eigenvalue weighted by Crippen LogP contribution is -2.15. The second-order valence-corrected chi connectivity index (χ2v) is 8.54. The number of benzene rings is 1. The molecular weight excluding hydrogens is 376 g/mol. The first-order chi connectivity index (χ1) is 14.6. The Hall–Kier alpha value is -1.84. The second kappa shape index (κ2) is 16.9. The zero-order valence-electron chi connectivity index (χ0n) is 19.4. The Balaban J connectivity index is 2.30. The third-order valence-electron chi connectivity index (χ3n) is 5.26. The van der Waals surface area contributed by atoms with Crippen LogP contribution in [0.4, 0.5) is 0 Å². The minimum absolute atomic E-state index is 0.292. The van der Waals surface area contributed by atoms with Crippen molar-refractivity contribution in [2.75, 3.05) is 13.2 Å². The first-order valence-electron chi connectivity index (χ1n) is 12.0. The molecule has 0 radical (unpaired) electrons. The van der Waals surface area contributed by atoms with E-state index in [9.17, 15) is 9.59 Å². The Morgan fingerprint density at radius 1 is 0.700 bits per heavy atom. The summed E-state index contributed by atoms with van der Waals surface area (Å²) in [6.07, 6.45) is 13.8. The van der Waals surface area contributed by atoms with Crippen molar-refractivity contribution in [2.24, 2.45) is 5.92 Å². The molecule has 30 heavy (non-hydrogen) atoms. The molecule has 0 amide bonds. The fourth-order valence-corrected chi connectivity index (χ4v) is 3.39. The average Bonchev–Trinajstić information content (AvgIpc) is 2.74. The van der Waals surface area contributed by atoms with Crippen LogP contribution >= 0.6 is 0 Å². The van der Waals surface area contributed by atoms with Crippen LogP contribution in [0.25, 0.3) is 0 Å². The number of ether oxygens (including phenoxy) is 2. The summed E-state index contributed by atoms with van der Waals surface area (Å²) in [7, 11) is 0. The third-order valence-corrected chi connectivity index (χ3v) is 5.26. The number of hydrogen-bond donors (Lipinski definition) is 0. The molecule has 0 unspecified atom stereocenters. The lowest BCUT2D eigenvalue weighted by atomic mass is 10.1. The molecular formula is C26H42O4. The number of carbonyl (C=O) groups is 2. The van der Waals surface area contributed by atoms with Crippen LogP contribution in [0.5, 0.6) is 0 Å². The van der Waals surface area contributed by atoms with E-state index in [1.165, 1.54) is 44.9 Å². The molecule has 0 bridgehead atoms. The Morgan fingerprint density at radius 3 is 1.60 bits per heavy atom. The summed E-state index contributed by atoms with van der Waals surface area (Å²) >= 11 is 0. The molecule has 0 fully saturated rings. The van der Waals surface area contributed by atoms with Crippen molar-refractivity contribution in [3.05, 3.63) is 35.4 Å². The summed E-state index contributed by atoms with van der Waals surface area (Å²) in [6.45, 7) is 7.43. The molecule has 4 nitrogen and oxygen atoms in total. The van der Waals surface area contributed by atoms with Gasteiger partial charge in [0.2, 0.25) is 0 Å². The van der Waals surface area contributed by atoms with Crippen molar-refractivity contribution in [3.63, 3.8) is 0 Å². The molecule has 0 spiro atoms. The van der Waals surface area contributed by atoms with Gasteiger partial charge in [0.25, 0.3) is 0 Å². The van der Waals surface area contributed by atoms with Crippen molar-refractivity contribution in [3.8, 4) is 0 Å². The van der Waals surface area contributed by atoms with Gasteiger partial charge in [-0.15, -0.1) is 0 Å². The maximum Gasteiger partial charge on any atom is 0.339 e. The number of hydrogen-bond acceptors (Lipinski definition) is 4. The second-order valence-electron chi connectivity index (χ2n) is 8.54. The van der Waals surface area contributed by atoms with Crippen molar-refractivity contribution in [2.45, 2.75) is 97.8 Å². The maximum atomic E-state index is 12.4. The quantitative estimate of drug-likeness (QED) is 0.196. The molecule has 0 aromatic heterocycles. The Bertz CT molecular complexity index is 594. The lowest BCUT2D eigenvalue weighted by Gasteiger charge is -2.10. The van der Waals surface area contributed by atoms with Crippen molar-refractivity contribution < 1.29 is 19.1 Å².